The van der Waals surface area contributed by atoms with Crippen molar-refractivity contribution >= 4 is 17.5 Å². The second-order valence-corrected chi connectivity index (χ2v) is 10.2. The number of hydrogen-bond donors (Lipinski definition) is 2. The molecular formula is C28H36N4O3. The average Bonchev–Trinajstić information content (AvgIpc) is 2.85. The van der Waals surface area contributed by atoms with Crippen molar-refractivity contribution in [3.63, 3.8) is 0 Å². The number of nitrogens with zero attached hydrogens (tertiary/aromatic N) is 3. The summed E-state index contributed by atoms with van der Waals surface area (Å²) in [5, 5.41) is 13.8. The van der Waals surface area contributed by atoms with Gasteiger partial charge < -0.3 is 20.2 Å². The van der Waals surface area contributed by atoms with Crippen LogP contribution in [0, 0.1) is 0 Å². The maximum atomic E-state index is 13.2. The zero-order valence-corrected chi connectivity index (χ0v) is 20.6. The largest absolute Gasteiger partial charge is 0.390 e. The highest BCUT2D eigenvalue weighted by molar-refractivity contribution is 5.97. The lowest BCUT2D eigenvalue weighted by Gasteiger charge is -2.36. The minimum absolute atomic E-state index is 0.0187. The molecule has 2 aromatic carbocycles. The van der Waals surface area contributed by atoms with Crippen LogP contribution in [0.2, 0.25) is 0 Å². The smallest absolute Gasteiger partial charge is 0.254 e. The summed E-state index contributed by atoms with van der Waals surface area (Å²) in [6.45, 7) is 6.76. The topological polar surface area (TPSA) is 76.1 Å². The molecule has 0 aromatic heterocycles. The molecule has 35 heavy (non-hydrogen) atoms. The number of benzene rings is 2. The molecule has 3 aliphatic heterocycles. The molecule has 1 fully saturated rings. The highest BCUT2D eigenvalue weighted by atomic mass is 16.3. The summed E-state index contributed by atoms with van der Waals surface area (Å²) >= 11 is 0. The number of aliphatic hydroxyl groups is 1. The second-order valence-electron chi connectivity index (χ2n) is 10.2. The fraction of sp³-hybridized carbons (Fsp3) is 0.500. The van der Waals surface area contributed by atoms with Crippen LogP contribution in [-0.2, 0) is 24.2 Å². The first kappa shape index (κ1) is 23.8. The summed E-state index contributed by atoms with van der Waals surface area (Å²) in [4.78, 5) is 30.9. The molecule has 2 aromatic rings. The Morgan fingerprint density at radius 2 is 1.74 bits per heavy atom. The Morgan fingerprint density at radius 3 is 2.51 bits per heavy atom. The second kappa shape index (κ2) is 10.4. The number of piperidine rings is 1. The molecule has 3 heterocycles. The zero-order chi connectivity index (χ0) is 24.4. The van der Waals surface area contributed by atoms with Gasteiger partial charge in [0.1, 0.15) is 0 Å². The van der Waals surface area contributed by atoms with Gasteiger partial charge in [-0.15, -0.1) is 0 Å². The highest BCUT2D eigenvalue weighted by Gasteiger charge is 2.28. The van der Waals surface area contributed by atoms with Crippen molar-refractivity contribution < 1.29 is 14.7 Å². The molecule has 0 aliphatic carbocycles. The Labute approximate surface area is 207 Å². The zero-order valence-electron chi connectivity index (χ0n) is 20.6. The van der Waals surface area contributed by atoms with Crippen LogP contribution in [0.3, 0.4) is 0 Å². The van der Waals surface area contributed by atoms with Gasteiger partial charge in [-0.1, -0.05) is 24.3 Å². The minimum Gasteiger partial charge on any atom is -0.390 e. The monoisotopic (exact) mass is 476 g/mol. The molecule has 1 atom stereocenters. The molecule has 3 aliphatic rings. The van der Waals surface area contributed by atoms with E-state index in [4.69, 9.17) is 0 Å². The molecule has 0 spiro atoms. The van der Waals surface area contributed by atoms with Gasteiger partial charge in [-0.25, -0.2) is 0 Å². The van der Waals surface area contributed by atoms with Gasteiger partial charge in [-0.2, -0.15) is 0 Å². The third-order valence-corrected chi connectivity index (χ3v) is 7.63. The summed E-state index contributed by atoms with van der Waals surface area (Å²) in [6.07, 6.45) is 3.12. The van der Waals surface area contributed by atoms with Gasteiger partial charge in [0.25, 0.3) is 5.91 Å². The van der Waals surface area contributed by atoms with Crippen LogP contribution in [-0.4, -0.2) is 78.1 Å². The van der Waals surface area contributed by atoms with Crippen LogP contribution in [0.15, 0.2) is 42.5 Å². The summed E-state index contributed by atoms with van der Waals surface area (Å²) in [6, 6.07) is 14.9. The normalized spacial score (nSPS) is 19.8. The van der Waals surface area contributed by atoms with Gasteiger partial charge in [-0.3, -0.25) is 14.5 Å². The summed E-state index contributed by atoms with van der Waals surface area (Å²) in [7, 11) is 0. The Morgan fingerprint density at radius 1 is 1.00 bits per heavy atom. The molecule has 186 valence electrons. The first-order valence-electron chi connectivity index (χ1n) is 12.9. The molecule has 7 nitrogen and oxygen atoms in total. The first-order valence-corrected chi connectivity index (χ1v) is 12.9. The number of carbonyl (C=O) groups excluding carboxylic acids is 2. The number of β-amino-alcohol motifs (C(OH)–C–C–N with tert-alkyl or cyclic N) is 1. The van der Waals surface area contributed by atoms with E-state index in [2.05, 4.69) is 45.4 Å². The molecule has 0 bridgehead atoms. The van der Waals surface area contributed by atoms with Crippen molar-refractivity contribution in [2.75, 3.05) is 44.2 Å². The van der Waals surface area contributed by atoms with Crippen molar-refractivity contribution in [1.29, 1.82) is 0 Å². The van der Waals surface area contributed by atoms with Crippen LogP contribution in [0.4, 0.5) is 5.69 Å². The van der Waals surface area contributed by atoms with Gasteiger partial charge in [0, 0.05) is 70.0 Å². The van der Waals surface area contributed by atoms with Crippen molar-refractivity contribution in [3.05, 3.63) is 64.7 Å². The van der Waals surface area contributed by atoms with Gasteiger partial charge in [-0.05, 0) is 60.6 Å². The Kier molecular flexibility index (Phi) is 7.07. The molecule has 0 radical (unpaired) electrons. The molecule has 2 amide bonds. The van der Waals surface area contributed by atoms with Crippen LogP contribution in [0.25, 0.3) is 0 Å². The minimum atomic E-state index is -0.560. The van der Waals surface area contributed by atoms with E-state index < -0.39 is 6.10 Å². The fourth-order valence-corrected chi connectivity index (χ4v) is 5.78. The number of rotatable bonds is 6. The summed E-state index contributed by atoms with van der Waals surface area (Å²) < 4.78 is 0. The van der Waals surface area contributed by atoms with Crippen LogP contribution in [0.1, 0.15) is 46.8 Å². The number of nitrogens with one attached hydrogen (secondary N) is 1. The predicted molar refractivity (Wildman–Crippen MR) is 137 cm³/mol. The lowest BCUT2D eigenvalue weighted by atomic mass is 9.96. The van der Waals surface area contributed by atoms with Gasteiger partial charge in [0.15, 0.2) is 0 Å². The van der Waals surface area contributed by atoms with E-state index in [1.807, 2.05) is 17.0 Å². The van der Waals surface area contributed by atoms with Crippen molar-refractivity contribution in [2.45, 2.75) is 51.3 Å². The summed E-state index contributed by atoms with van der Waals surface area (Å²) in [5.41, 5.74) is 5.74. The molecule has 7 heteroatoms. The molecular weight excluding hydrogens is 440 g/mol. The third-order valence-electron chi connectivity index (χ3n) is 7.63. The Hall–Kier alpha value is -2.90. The summed E-state index contributed by atoms with van der Waals surface area (Å²) in [5.74, 6) is 0.0527. The third kappa shape index (κ3) is 5.52. The van der Waals surface area contributed by atoms with Crippen LogP contribution >= 0.6 is 0 Å². The highest BCUT2D eigenvalue weighted by Crippen LogP contribution is 2.27. The lowest BCUT2D eigenvalue weighted by Crippen LogP contribution is -2.46. The molecule has 1 saturated heterocycles. The van der Waals surface area contributed by atoms with E-state index in [-0.39, 0.29) is 17.9 Å². The van der Waals surface area contributed by atoms with Gasteiger partial charge >= 0.3 is 0 Å². The Bertz CT molecular complexity index is 1080. The quantitative estimate of drug-likeness (QED) is 0.669. The number of anilines is 1. The van der Waals surface area contributed by atoms with E-state index >= 15 is 0 Å². The number of aliphatic hydroxyl groups excluding tert-OH is 1. The number of fused-ring (bicyclic) bond motifs is 2. The average molecular weight is 477 g/mol. The van der Waals surface area contributed by atoms with Crippen LogP contribution < -0.4 is 10.2 Å². The standard InChI is InChI=1S/C28H36N4O3/c1-20(33)29-24-10-14-31(15-11-24)25-6-7-27-22(16-25)9-13-32(28(27)35)19-26(34)18-30-12-8-21-4-2-3-5-23(21)17-30/h2-7,16,24,26,34H,8-15,17-19H2,1H3,(H,29,33)/t26-/m1/s1. The van der Waals surface area contributed by atoms with Gasteiger partial charge in [0.05, 0.1) is 6.10 Å². The van der Waals surface area contributed by atoms with Crippen molar-refractivity contribution in [1.82, 2.24) is 15.1 Å². The molecule has 2 N–H and O–H groups in total. The van der Waals surface area contributed by atoms with E-state index in [1.165, 1.54) is 11.1 Å². The maximum Gasteiger partial charge on any atom is 0.254 e. The molecule has 0 unspecified atom stereocenters. The Balaban J connectivity index is 1.15. The van der Waals surface area contributed by atoms with Crippen molar-refractivity contribution in [3.8, 4) is 0 Å². The maximum absolute atomic E-state index is 13.2. The number of amides is 2. The first-order chi connectivity index (χ1) is 17.0. The lowest BCUT2D eigenvalue weighted by molar-refractivity contribution is -0.119. The number of hydrogen-bond acceptors (Lipinski definition) is 5. The predicted octanol–water partition coefficient (Wildman–Crippen LogP) is 2.21. The molecule has 0 saturated carbocycles. The molecule has 5 rings (SSSR count). The van der Waals surface area contributed by atoms with Gasteiger partial charge in [0.2, 0.25) is 5.91 Å². The fourth-order valence-electron chi connectivity index (χ4n) is 5.78. The van der Waals surface area contributed by atoms with E-state index in [0.717, 1.165) is 68.7 Å². The van der Waals surface area contributed by atoms with Crippen LogP contribution in [0.5, 0.6) is 0 Å². The SMILES string of the molecule is CC(=O)NC1CCN(c2ccc3c(c2)CCN(C[C@H](O)CN2CCc4ccccc4C2)C3=O)CC1. The van der Waals surface area contributed by atoms with E-state index in [9.17, 15) is 14.7 Å². The number of carbonyl (C=O) groups is 2. The van der Waals surface area contributed by atoms with E-state index in [0.29, 0.717) is 19.6 Å². The van der Waals surface area contributed by atoms with Crippen molar-refractivity contribution in [2.24, 2.45) is 0 Å². The van der Waals surface area contributed by atoms with E-state index in [1.54, 1.807) is 6.92 Å².